The first kappa shape index (κ1) is 8.69. The maximum absolute atomic E-state index is 5.83. The van der Waals surface area contributed by atoms with Gasteiger partial charge in [0.05, 0.1) is 14.0 Å². The lowest BCUT2D eigenvalue weighted by Gasteiger charge is -1.91. The standard InChI is InChI=1S/C6HBrCl2N2S/c7-3-1-2-4(12-3)5(8)11-6(9)10-2/h1H. The number of rotatable bonds is 0. The van der Waals surface area contributed by atoms with Crippen LogP contribution in [-0.4, -0.2) is 9.97 Å². The number of halogens is 3. The zero-order valence-electron chi connectivity index (χ0n) is 5.51. The summed E-state index contributed by atoms with van der Waals surface area (Å²) < 4.78 is 1.82. The molecule has 12 heavy (non-hydrogen) atoms. The molecule has 2 heterocycles. The molecule has 2 nitrogen and oxygen atoms in total. The summed E-state index contributed by atoms with van der Waals surface area (Å²) >= 11 is 16.3. The van der Waals surface area contributed by atoms with E-state index < -0.39 is 0 Å². The molecule has 0 aliphatic carbocycles. The second kappa shape index (κ2) is 3.10. The minimum Gasteiger partial charge on any atom is -0.217 e. The van der Waals surface area contributed by atoms with Gasteiger partial charge >= 0.3 is 0 Å². The minimum absolute atomic E-state index is 0.179. The van der Waals surface area contributed by atoms with E-state index in [1.165, 1.54) is 11.3 Å². The smallest absolute Gasteiger partial charge is 0.217 e. The molecule has 6 heteroatoms. The topological polar surface area (TPSA) is 25.8 Å². The van der Waals surface area contributed by atoms with Crippen molar-refractivity contribution in [1.82, 2.24) is 9.97 Å². The highest BCUT2D eigenvalue weighted by Crippen LogP contribution is 2.33. The molecule has 0 saturated heterocycles. The number of fused-ring (bicyclic) bond motifs is 1. The number of hydrogen-bond acceptors (Lipinski definition) is 3. The Morgan fingerprint density at radius 3 is 2.83 bits per heavy atom. The van der Waals surface area contributed by atoms with Gasteiger partial charge in [0, 0.05) is 0 Å². The molecular formula is C6HBrCl2N2S. The molecule has 0 bridgehead atoms. The van der Waals surface area contributed by atoms with Gasteiger partial charge in [-0.1, -0.05) is 11.6 Å². The van der Waals surface area contributed by atoms with E-state index >= 15 is 0 Å². The van der Waals surface area contributed by atoms with Gasteiger partial charge in [0.1, 0.15) is 0 Å². The molecule has 0 amide bonds. The van der Waals surface area contributed by atoms with Crippen LogP contribution in [0.5, 0.6) is 0 Å². The van der Waals surface area contributed by atoms with Gasteiger partial charge in [-0.15, -0.1) is 11.3 Å². The van der Waals surface area contributed by atoms with Gasteiger partial charge in [0.2, 0.25) is 5.28 Å². The molecule has 0 unspecified atom stereocenters. The van der Waals surface area contributed by atoms with Gasteiger partial charge in [-0.2, -0.15) is 0 Å². The first-order chi connectivity index (χ1) is 5.66. The maximum atomic E-state index is 5.83. The fourth-order valence-electron chi connectivity index (χ4n) is 0.839. The van der Waals surface area contributed by atoms with Gasteiger partial charge in [-0.25, -0.2) is 9.97 Å². The Morgan fingerprint density at radius 2 is 2.08 bits per heavy atom. The van der Waals surface area contributed by atoms with Crippen molar-refractivity contribution in [2.24, 2.45) is 0 Å². The summed E-state index contributed by atoms with van der Waals surface area (Å²) in [6, 6.07) is 1.86. The third-order valence-electron chi connectivity index (χ3n) is 1.27. The Hall–Kier alpha value is 0.1000. The monoisotopic (exact) mass is 282 g/mol. The van der Waals surface area contributed by atoms with E-state index in [1.807, 2.05) is 6.07 Å². The average molecular weight is 284 g/mol. The highest BCUT2D eigenvalue weighted by atomic mass is 79.9. The predicted octanol–water partition coefficient (Wildman–Crippen LogP) is 3.76. The van der Waals surface area contributed by atoms with Crippen molar-refractivity contribution in [2.75, 3.05) is 0 Å². The summed E-state index contributed by atoms with van der Waals surface area (Å²) in [6.45, 7) is 0. The minimum atomic E-state index is 0.179. The van der Waals surface area contributed by atoms with E-state index in [9.17, 15) is 0 Å². The Balaban J connectivity index is 2.88. The Morgan fingerprint density at radius 1 is 1.33 bits per heavy atom. The van der Waals surface area contributed by atoms with Crippen LogP contribution in [0.25, 0.3) is 10.2 Å². The third kappa shape index (κ3) is 1.44. The van der Waals surface area contributed by atoms with Crippen LogP contribution >= 0.6 is 50.5 Å². The lowest BCUT2D eigenvalue weighted by Crippen LogP contribution is -1.81. The van der Waals surface area contributed by atoms with Crippen LogP contribution < -0.4 is 0 Å². The van der Waals surface area contributed by atoms with Crippen LogP contribution in [0.1, 0.15) is 0 Å². The highest BCUT2D eigenvalue weighted by molar-refractivity contribution is 9.11. The van der Waals surface area contributed by atoms with Crippen LogP contribution in [-0.2, 0) is 0 Å². The van der Waals surface area contributed by atoms with Crippen LogP contribution in [0.4, 0.5) is 0 Å². The van der Waals surface area contributed by atoms with Crippen molar-refractivity contribution >= 4 is 60.7 Å². The second-order valence-electron chi connectivity index (χ2n) is 2.05. The predicted molar refractivity (Wildman–Crippen MR) is 55.1 cm³/mol. The number of nitrogens with zero attached hydrogens (tertiary/aromatic N) is 2. The molecule has 62 valence electrons. The zero-order chi connectivity index (χ0) is 8.72. The van der Waals surface area contributed by atoms with E-state index in [4.69, 9.17) is 23.2 Å². The van der Waals surface area contributed by atoms with Gasteiger partial charge in [0.15, 0.2) is 5.15 Å². The Kier molecular flexibility index (Phi) is 2.25. The molecule has 2 rings (SSSR count). The molecule has 0 spiro atoms. The van der Waals surface area contributed by atoms with Gasteiger partial charge in [-0.3, -0.25) is 0 Å². The summed E-state index contributed by atoms with van der Waals surface area (Å²) in [6.07, 6.45) is 0. The van der Waals surface area contributed by atoms with Crippen LogP contribution in [0.3, 0.4) is 0 Å². The van der Waals surface area contributed by atoms with E-state index in [0.29, 0.717) is 5.15 Å². The summed E-state index contributed by atoms with van der Waals surface area (Å²) in [5.41, 5.74) is 0.775. The van der Waals surface area contributed by atoms with Crippen LogP contribution in [0.2, 0.25) is 10.4 Å². The van der Waals surface area contributed by atoms with Gasteiger partial charge in [-0.05, 0) is 33.6 Å². The van der Waals surface area contributed by atoms with E-state index in [-0.39, 0.29) is 5.28 Å². The lowest BCUT2D eigenvalue weighted by atomic mass is 10.5. The maximum Gasteiger partial charge on any atom is 0.224 e. The molecule has 0 saturated carbocycles. The SMILES string of the molecule is Clc1nc(Cl)c2sc(Br)cc2n1. The first-order valence-electron chi connectivity index (χ1n) is 2.95. The molecule has 0 aliphatic heterocycles. The van der Waals surface area contributed by atoms with Gasteiger partial charge < -0.3 is 0 Å². The largest absolute Gasteiger partial charge is 0.224 e. The number of hydrogen-bond donors (Lipinski definition) is 0. The Bertz CT molecular complexity index is 442. The molecular weight excluding hydrogens is 283 g/mol. The molecule has 0 N–H and O–H groups in total. The summed E-state index contributed by atoms with van der Waals surface area (Å²) in [5, 5.41) is 0.582. The number of aromatic nitrogens is 2. The van der Waals surface area contributed by atoms with Crippen molar-refractivity contribution in [3.8, 4) is 0 Å². The zero-order valence-corrected chi connectivity index (χ0v) is 9.43. The van der Waals surface area contributed by atoms with Crippen molar-refractivity contribution in [3.05, 3.63) is 20.3 Å². The normalized spacial score (nSPS) is 10.9. The first-order valence-corrected chi connectivity index (χ1v) is 5.31. The summed E-state index contributed by atoms with van der Waals surface area (Å²) in [7, 11) is 0. The molecule has 2 aromatic heterocycles. The lowest BCUT2D eigenvalue weighted by molar-refractivity contribution is 1.23. The van der Waals surface area contributed by atoms with Crippen molar-refractivity contribution < 1.29 is 0 Å². The molecule has 2 aromatic rings. The molecule has 0 atom stereocenters. The second-order valence-corrected chi connectivity index (χ2v) is 5.18. The third-order valence-corrected chi connectivity index (χ3v) is 3.46. The van der Waals surface area contributed by atoms with E-state index in [0.717, 1.165) is 14.0 Å². The van der Waals surface area contributed by atoms with Crippen molar-refractivity contribution in [3.63, 3.8) is 0 Å². The van der Waals surface area contributed by atoms with Crippen molar-refractivity contribution in [2.45, 2.75) is 0 Å². The molecule has 0 radical (unpaired) electrons. The quantitative estimate of drug-likeness (QED) is 0.543. The summed E-state index contributed by atoms with van der Waals surface area (Å²) in [5.74, 6) is 0. The van der Waals surface area contributed by atoms with Gasteiger partial charge in [0.25, 0.3) is 0 Å². The van der Waals surface area contributed by atoms with Crippen molar-refractivity contribution in [1.29, 1.82) is 0 Å². The van der Waals surface area contributed by atoms with E-state index in [2.05, 4.69) is 25.9 Å². The molecule has 0 aliphatic rings. The fraction of sp³-hybridized carbons (Fsp3) is 0. The Labute approximate surface area is 90.7 Å². The number of thiophene rings is 1. The summed E-state index contributed by atoms with van der Waals surface area (Å²) in [4.78, 5) is 7.83. The van der Waals surface area contributed by atoms with E-state index in [1.54, 1.807) is 0 Å². The van der Waals surface area contributed by atoms with Crippen LogP contribution in [0.15, 0.2) is 9.85 Å². The average Bonchev–Trinajstić information content (AvgIpc) is 2.29. The highest BCUT2D eigenvalue weighted by Gasteiger charge is 2.07. The van der Waals surface area contributed by atoms with Crippen LogP contribution in [0, 0.1) is 0 Å². The fourth-order valence-corrected chi connectivity index (χ4v) is 2.76. The molecule has 0 aromatic carbocycles. The molecule has 0 fully saturated rings.